The van der Waals surface area contributed by atoms with E-state index >= 15 is 0 Å². The summed E-state index contributed by atoms with van der Waals surface area (Å²) in [5.74, 6) is 0.0516. The molecule has 0 bridgehead atoms. The SMILES string of the molecule is NCCCS(=O)(=O)Nc1cccc(Br)c1. The summed E-state index contributed by atoms with van der Waals surface area (Å²) in [5.41, 5.74) is 5.81. The Labute approximate surface area is 98.0 Å². The zero-order valence-electron chi connectivity index (χ0n) is 8.11. The highest BCUT2D eigenvalue weighted by atomic mass is 79.9. The number of anilines is 1. The molecule has 0 unspecified atom stereocenters. The van der Waals surface area contributed by atoms with Crippen LogP contribution in [0.1, 0.15) is 6.42 Å². The van der Waals surface area contributed by atoms with Crippen LogP contribution in [-0.2, 0) is 10.0 Å². The first-order valence-corrected chi connectivity index (χ1v) is 6.94. The zero-order valence-corrected chi connectivity index (χ0v) is 10.5. The molecule has 0 aliphatic heterocycles. The van der Waals surface area contributed by atoms with E-state index in [2.05, 4.69) is 20.7 Å². The van der Waals surface area contributed by atoms with Gasteiger partial charge in [0.25, 0.3) is 0 Å². The van der Waals surface area contributed by atoms with E-state index in [-0.39, 0.29) is 5.75 Å². The maximum atomic E-state index is 11.5. The van der Waals surface area contributed by atoms with Crippen molar-refractivity contribution < 1.29 is 8.42 Å². The van der Waals surface area contributed by atoms with Crippen LogP contribution in [0, 0.1) is 0 Å². The summed E-state index contributed by atoms with van der Waals surface area (Å²) in [7, 11) is -3.26. The number of hydrogen-bond donors (Lipinski definition) is 2. The molecule has 0 radical (unpaired) electrons. The molecule has 0 amide bonds. The summed E-state index contributed by atoms with van der Waals surface area (Å²) < 4.78 is 26.3. The highest BCUT2D eigenvalue weighted by Gasteiger charge is 2.09. The van der Waals surface area contributed by atoms with E-state index in [1.165, 1.54) is 0 Å². The minimum absolute atomic E-state index is 0.0516. The standard InChI is InChI=1S/C9H13BrN2O2S/c10-8-3-1-4-9(7-8)12-15(13,14)6-2-5-11/h1,3-4,7,12H,2,5-6,11H2. The molecule has 84 valence electrons. The van der Waals surface area contributed by atoms with Gasteiger partial charge in [0.1, 0.15) is 0 Å². The Hall–Kier alpha value is -0.590. The van der Waals surface area contributed by atoms with Gasteiger partial charge in [-0.3, -0.25) is 4.72 Å². The lowest BCUT2D eigenvalue weighted by atomic mass is 10.3. The second-order valence-electron chi connectivity index (χ2n) is 3.07. The molecule has 0 aromatic heterocycles. The van der Waals surface area contributed by atoms with E-state index in [9.17, 15) is 8.42 Å². The molecule has 0 aliphatic rings. The van der Waals surface area contributed by atoms with E-state index in [4.69, 9.17) is 5.73 Å². The van der Waals surface area contributed by atoms with E-state index < -0.39 is 10.0 Å². The minimum atomic E-state index is -3.26. The largest absolute Gasteiger partial charge is 0.330 e. The van der Waals surface area contributed by atoms with Crippen molar-refractivity contribution in [1.82, 2.24) is 0 Å². The van der Waals surface area contributed by atoms with Crippen molar-refractivity contribution >= 4 is 31.6 Å². The third-order valence-electron chi connectivity index (χ3n) is 1.72. The predicted molar refractivity (Wildman–Crippen MR) is 65.2 cm³/mol. The second-order valence-corrected chi connectivity index (χ2v) is 5.83. The van der Waals surface area contributed by atoms with Crippen LogP contribution in [0.15, 0.2) is 28.7 Å². The fourth-order valence-corrected chi connectivity index (χ4v) is 2.59. The summed E-state index contributed by atoms with van der Waals surface area (Å²) in [6.07, 6.45) is 0.462. The van der Waals surface area contributed by atoms with Crippen molar-refractivity contribution in [2.45, 2.75) is 6.42 Å². The first kappa shape index (κ1) is 12.5. The second kappa shape index (κ2) is 5.48. The van der Waals surface area contributed by atoms with Gasteiger partial charge >= 0.3 is 0 Å². The van der Waals surface area contributed by atoms with E-state index in [0.29, 0.717) is 18.7 Å². The van der Waals surface area contributed by atoms with Crippen LogP contribution in [0.2, 0.25) is 0 Å². The number of rotatable bonds is 5. The highest BCUT2D eigenvalue weighted by Crippen LogP contribution is 2.16. The minimum Gasteiger partial charge on any atom is -0.330 e. The average molecular weight is 293 g/mol. The monoisotopic (exact) mass is 292 g/mol. The van der Waals surface area contributed by atoms with Crippen LogP contribution in [0.5, 0.6) is 0 Å². The fraction of sp³-hybridized carbons (Fsp3) is 0.333. The number of hydrogen-bond acceptors (Lipinski definition) is 3. The third kappa shape index (κ3) is 4.63. The summed E-state index contributed by atoms with van der Waals surface area (Å²) in [5, 5.41) is 0. The van der Waals surface area contributed by atoms with Gasteiger partial charge in [-0.2, -0.15) is 0 Å². The molecule has 0 saturated carbocycles. The summed E-state index contributed by atoms with van der Waals surface area (Å²) in [6, 6.07) is 7.01. The molecule has 0 aliphatic carbocycles. The molecule has 0 fully saturated rings. The highest BCUT2D eigenvalue weighted by molar-refractivity contribution is 9.10. The average Bonchev–Trinajstić information content (AvgIpc) is 2.14. The Bertz CT molecular complexity index is 420. The van der Waals surface area contributed by atoms with Crippen molar-refractivity contribution in [3.05, 3.63) is 28.7 Å². The number of nitrogens with two attached hydrogens (primary N) is 1. The van der Waals surface area contributed by atoms with Crippen LogP contribution in [0.25, 0.3) is 0 Å². The molecule has 0 atom stereocenters. The van der Waals surface area contributed by atoms with Crippen molar-refractivity contribution in [1.29, 1.82) is 0 Å². The maximum absolute atomic E-state index is 11.5. The lowest BCUT2D eigenvalue weighted by Gasteiger charge is -2.07. The number of sulfonamides is 1. The van der Waals surface area contributed by atoms with Gasteiger partial charge in [-0.25, -0.2) is 8.42 Å². The Morgan fingerprint density at radius 2 is 2.13 bits per heavy atom. The lowest BCUT2D eigenvalue weighted by Crippen LogP contribution is -2.18. The number of nitrogens with one attached hydrogen (secondary N) is 1. The van der Waals surface area contributed by atoms with Gasteiger partial charge < -0.3 is 5.73 Å². The van der Waals surface area contributed by atoms with Crippen molar-refractivity contribution in [2.75, 3.05) is 17.0 Å². The first-order chi connectivity index (χ1) is 7.03. The van der Waals surface area contributed by atoms with Gasteiger partial charge in [-0.1, -0.05) is 22.0 Å². The molecule has 3 N–H and O–H groups in total. The van der Waals surface area contributed by atoms with E-state index in [0.717, 1.165) is 4.47 Å². The third-order valence-corrected chi connectivity index (χ3v) is 3.58. The fourth-order valence-electron chi connectivity index (χ4n) is 1.06. The number of halogens is 1. The predicted octanol–water partition coefficient (Wildman–Crippen LogP) is 1.54. The molecular formula is C9H13BrN2O2S. The first-order valence-electron chi connectivity index (χ1n) is 4.49. The molecular weight excluding hydrogens is 280 g/mol. The molecule has 0 spiro atoms. The summed E-state index contributed by atoms with van der Waals surface area (Å²) in [6.45, 7) is 0.374. The van der Waals surface area contributed by atoms with Gasteiger partial charge in [0.05, 0.1) is 5.75 Å². The maximum Gasteiger partial charge on any atom is 0.232 e. The topological polar surface area (TPSA) is 72.2 Å². The van der Waals surface area contributed by atoms with Crippen LogP contribution in [-0.4, -0.2) is 20.7 Å². The molecule has 0 saturated heterocycles. The van der Waals surface area contributed by atoms with Crippen molar-refractivity contribution in [3.8, 4) is 0 Å². The Morgan fingerprint density at radius 1 is 1.40 bits per heavy atom. The quantitative estimate of drug-likeness (QED) is 0.865. The van der Waals surface area contributed by atoms with Gasteiger partial charge in [-0.15, -0.1) is 0 Å². The van der Waals surface area contributed by atoms with Gasteiger partial charge in [-0.05, 0) is 31.2 Å². The molecule has 1 aromatic rings. The summed E-state index contributed by atoms with van der Waals surface area (Å²) in [4.78, 5) is 0. The Balaban J connectivity index is 2.69. The zero-order chi connectivity index (χ0) is 11.3. The van der Waals surface area contributed by atoms with E-state index in [1.54, 1.807) is 18.2 Å². The molecule has 0 heterocycles. The smallest absolute Gasteiger partial charge is 0.232 e. The van der Waals surface area contributed by atoms with Crippen LogP contribution in [0.4, 0.5) is 5.69 Å². The molecule has 6 heteroatoms. The summed E-state index contributed by atoms with van der Waals surface area (Å²) >= 11 is 3.27. The van der Waals surface area contributed by atoms with E-state index in [1.807, 2.05) is 6.07 Å². The molecule has 1 rings (SSSR count). The lowest BCUT2D eigenvalue weighted by molar-refractivity contribution is 0.599. The van der Waals surface area contributed by atoms with Crippen molar-refractivity contribution in [2.24, 2.45) is 5.73 Å². The van der Waals surface area contributed by atoms with Gasteiger partial charge in [0, 0.05) is 10.2 Å². The van der Waals surface area contributed by atoms with Crippen LogP contribution >= 0.6 is 15.9 Å². The van der Waals surface area contributed by atoms with Gasteiger partial charge in [0.15, 0.2) is 0 Å². The normalized spacial score (nSPS) is 11.3. The Kier molecular flexibility index (Phi) is 4.56. The number of benzene rings is 1. The van der Waals surface area contributed by atoms with Crippen molar-refractivity contribution in [3.63, 3.8) is 0 Å². The van der Waals surface area contributed by atoms with Gasteiger partial charge in [0.2, 0.25) is 10.0 Å². The van der Waals surface area contributed by atoms with Crippen LogP contribution < -0.4 is 10.5 Å². The molecule has 4 nitrogen and oxygen atoms in total. The molecule has 1 aromatic carbocycles. The van der Waals surface area contributed by atoms with Crippen LogP contribution in [0.3, 0.4) is 0 Å². The Morgan fingerprint density at radius 3 is 2.73 bits per heavy atom. The molecule has 15 heavy (non-hydrogen) atoms.